The number of furan rings is 1. The molecule has 0 aliphatic carbocycles. The number of anilines is 2. The quantitative estimate of drug-likeness (QED) is 0.508. The zero-order chi connectivity index (χ0) is 22.0. The van der Waals surface area contributed by atoms with Crippen molar-refractivity contribution in [2.45, 2.75) is 6.92 Å². The van der Waals surface area contributed by atoms with Crippen molar-refractivity contribution in [1.82, 2.24) is 5.32 Å². The molecule has 0 radical (unpaired) electrons. The number of carbonyl (C=O) groups excluding carboxylic acids is 3. The van der Waals surface area contributed by atoms with Gasteiger partial charge < -0.3 is 18.8 Å². The van der Waals surface area contributed by atoms with Crippen LogP contribution in [0.3, 0.4) is 0 Å². The van der Waals surface area contributed by atoms with Gasteiger partial charge in [0.15, 0.2) is 0 Å². The van der Waals surface area contributed by atoms with E-state index in [1.807, 2.05) is 11.8 Å². The Morgan fingerprint density at radius 3 is 2.55 bits per heavy atom. The van der Waals surface area contributed by atoms with Gasteiger partial charge in [0.1, 0.15) is 17.1 Å². The first-order valence-corrected chi connectivity index (χ1v) is 10.5. The molecule has 162 valence electrons. The van der Waals surface area contributed by atoms with Gasteiger partial charge in [0.25, 0.3) is 11.8 Å². The number of barbiturate groups is 1. The van der Waals surface area contributed by atoms with Crippen LogP contribution in [-0.2, 0) is 14.3 Å². The molecule has 0 atom stereocenters. The minimum atomic E-state index is -0.814. The largest absolute Gasteiger partial charge is 0.494 e. The first-order valence-electron chi connectivity index (χ1n) is 9.74. The van der Waals surface area contributed by atoms with Gasteiger partial charge >= 0.3 is 6.03 Å². The van der Waals surface area contributed by atoms with E-state index in [4.69, 9.17) is 13.9 Å². The van der Waals surface area contributed by atoms with E-state index < -0.39 is 17.8 Å². The van der Waals surface area contributed by atoms with Crippen LogP contribution in [0.2, 0.25) is 0 Å². The van der Waals surface area contributed by atoms with Crippen molar-refractivity contribution in [1.29, 1.82) is 0 Å². The van der Waals surface area contributed by atoms with Crippen molar-refractivity contribution in [3.8, 4) is 5.75 Å². The van der Waals surface area contributed by atoms with Crippen LogP contribution < -0.4 is 19.9 Å². The molecule has 2 aliphatic rings. The minimum Gasteiger partial charge on any atom is -0.494 e. The number of ether oxygens (including phenoxy) is 2. The van der Waals surface area contributed by atoms with Crippen LogP contribution >= 0.6 is 15.9 Å². The van der Waals surface area contributed by atoms with E-state index in [2.05, 4.69) is 21.2 Å². The van der Waals surface area contributed by atoms with E-state index in [1.54, 1.807) is 30.3 Å². The van der Waals surface area contributed by atoms with Gasteiger partial charge in [0, 0.05) is 19.2 Å². The summed E-state index contributed by atoms with van der Waals surface area (Å²) in [5.74, 6) is 0.00106. The number of imide groups is 2. The van der Waals surface area contributed by atoms with E-state index in [-0.39, 0.29) is 5.57 Å². The number of halogens is 1. The fourth-order valence-electron chi connectivity index (χ4n) is 3.32. The van der Waals surface area contributed by atoms with Crippen LogP contribution in [0.15, 0.2) is 44.8 Å². The Morgan fingerprint density at radius 2 is 1.87 bits per heavy atom. The number of carbonyl (C=O) groups is 3. The van der Waals surface area contributed by atoms with Gasteiger partial charge in [0.05, 0.1) is 30.0 Å². The maximum absolute atomic E-state index is 13.0. The van der Waals surface area contributed by atoms with Crippen LogP contribution in [0, 0.1) is 0 Å². The molecule has 2 saturated heterocycles. The third-order valence-electron chi connectivity index (χ3n) is 4.78. The van der Waals surface area contributed by atoms with Crippen molar-refractivity contribution in [2.24, 2.45) is 0 Å². The number of nitrogens with zero attached hydrogens (tertiary/aromatic N) is 2. The number of rotatable bonds is 5. The molecule has 9 nitrogen and oxygen atoms in total. The van der Waals surface area contributed by atoms with E-state index in [0.29, 0.717) is 60.5 Å². The fraction of sp³-hybridized carbons (Fsp3) is 0.286. The lowest BCUT2D eigenvalue weighted by Crippen LogP contribution is -2.54. The second-order valence-electron chi connectivity index (χ2n) is 6.79. The molecule has 10 heteroatoms. The summed E-state index contributed by atoms with van der Waals surface area (Å²) in [5, 5.41) is 2.20. The standard InChI is InChI=1S/C21H20BrN3O6/c1-2-30-14-5-3-13(4-6-14)25-19(27)16(18(26)23-21(25)28)11-15-12-17(22)20(31-15)24-7-9-29-10-8-24/h3-6,11-12H,2,7-10H2,1H3,(H,23,26,28)/b16-11-. The molecule has 2 aromatic rings. The second kappa shape index (κ2) is 8.94. The highest BCUT2D eigenvalue weighted by molar-refractivity contribution is 9.10. The van der Waals surface area contributed by atoms with Gasteiger partial charge in [-0.15, -0.1) is 0 Å². The molecule has 2 aliphatic heterocycles. The van der Waals surface area contributed by atoms with E-state index in [1.165, 1.54) is 6.08 Å². The summed E-state index contributed by atoms with van der Waals surface area (Å²) in [6.07, 6.45) is 1.33. The second-order valence-corrected chi connectivity index (χ2v) is 7.64. The first-order chi connectivity index (χ1) is 15.0. The number of benzene rings is 1. The van der Waals surface area contributed by atoms with Crippen LogP contribution in [0.5, 0.6) is 5.75 Å². The zero-order valence-corrected chi connectivity index (χ0v) is 18.3. The lowest BCUT2D eigenvalue weighted by molar-refractivity contribution is -0.122. The Kier molecular flexibility index (Phi) is 6.10. The normalized spacial score (nSPS) is 18.5. The van der Waals surface area contributed by atoms with Crippen molar-refractivity contribution < 1.29 is 28.3 Å². The SMILES string of the molecule is CCOc1ccc(N2C(=O)NC(=O)/C(=C/c3cc(Br)c(N4CCOCC4)o3)C2=O)cc1. The molecule has 3 heterocycles. The molecule has 4 rings (SSSR count). The maximum Gasteiger partial charge on any atom is 0.335 e. The number of hydrogen-bond acceptors (Lipinski definition) is 7. The van der Waals surface area contributed by atoms with E-state index >= 15 is 0 Å². The monoisotopic (exact) mass is 489 g/mol. The molecule has 0 unspecified atom stereocenters. The Hall–Kier alpha value is -3.11. The molecular formula is C21H20BrN3O6. The zero-order valence-electron chi connectivity index (χ0n) is 16.7. The molecule has 0 spiro atoms. The highest BCUT2D eigenvalue weighted by Crippen LogP contribution is 2.32. The third-order valence-corrected chi connectivity index (χ3v) is 5.35. The Bertz CT molecular complexity index is 1040. The number of urea groups is 1. The van der Waals surface area contributed by atoms with Crippen molar-refractivity contribution >= 4 is 51.4 Å². The topological polar surface area (TPSA) is 101 Å². The Balaban J connectivity index is 1.62. The third kappa shape index (κ3) is 4.35. The molecule has 31 heavy (non-hydrogen) atoms. The Labute approximate surface area is 186 Å². The minimum absolute atomic E-state index is 0.205. The molecule has 1 aromatic heterocycles. The number of morpholine rings is 1. The van der Waals surface area contributed by atoms with E-state index in [9.17, 15) is 14.4 Å². The first kappa shape index (κ1) is 21.1. The summed E-state index contributed by atoms with van der Waals surface area (Å²) in [6, 6.07) is 7.32. The average molecular weight is 490 g/mol. The maximum atomic E-state index is 13.0. The highest BCUT2D eigenvalue weighted by atomic mass is 79.9. The summed E-state index contributed by atoms with van der Waals surface area (Å²) in [4.78, 5) is 40.7. The van der Waals surface area contributed by atoms with Gasteiger partial charge in [-0.3, -0.25) is 14.9 Å². The van der Waals surface area contributed by atoms with Gasteiger partial charge in [-0.2, -0.15) is 0 Å². The smallest absolute Gasteiger partial charge is 0.335 e. The van der Waals surface area contributed by atoms with Gasteiger partial charge in [-0.05, 0) is 53.2 Å². The fourth-order valence-corrected chi connectivity index (χ4v) is 3.88. The van der Waals surface area contributed by atoms with Crippen molar-refractivity contribution in [3.63, 3.8) is 0 Å². The number of nitrogens with one attached hydrogen (secondary N) is 1. The van der Waals surface area contributed by atoms with Crippen LogP contribution in [0.25, 0.3) is 6.08 Å². The van der Waals surface area contributed by atoms with Crippen molar-refractivity contribution in [2.75, 3.05) is 42.7 Å². The summed E-state index contributed by atoms with van der Waals surface area (Å²) in [5.41, 5.74) is 0.113. The Morgan fingerprint density at radius 1 is 1.16 bits per heavy atom. The molecule has 1 N–H and O–H groups in total. The van der Waals surface area contributed by atoms with Gasteiger partial charge in [0.2, 0.25) is 5.88 Å². The van der Waals surface area contributed by atoms with Crippen LogP contribution in [0.4, 0.5) is 16.4 Å². The van der Waals surface area contributed by atoms with Gasteiger partial charge in [-0.1, -0.05) is 0 Å². The highest BCUT2D eigenvalue weighted by Gasteiger charge is 2.37. The van der Waals surface area contributed by atoms with Crippen molar-refractivity contribution in [3.05, 3.63) is 46.1 Å². The lowest BCUT2D eigenvalue weighted by atomic mass is 10.1. The number of amides is 4. The summed E-state index contributed by atoms with van der Waals surface area (Å²) >= 11 is 3.46. The summed E-state index contributed by atoms with van der Waals surface area (Å²) < 4.78 is 17.3. The molecule has 1 aromatic carbocycles. The van der Waals surface area contributed by atoms with Gasteiger partial charge in [-0.25, -0.2) is 9.69 Å². The number of hydrogen-bond donors (Lipinski definition) is 1. The molecule has 0 bridgehead atoms. The predicted molar refractivity (Wildman–Crippen MR) is 116 cm³/mol. The average Bonchev–Trinajstić information content (AvgIpc) is 3.13. The molecule has 0 saturated carbocycles. The lowest BCUT2D eigenvalue weighted by Gasteiger charge is -2.27. The molecule has 2 fully saturated rings. The van der Waals surface area contributed by atoms with Crippen LogP contribution in [-0.4, -0.2) is 50.8 Å². The molecular weight excluding hydrogens is 470 g/mol. The summed E-state index contributed by atoms with van der Waals surface area (Å²) in [7, 11) is 0. The predicted octanol–water partition coefficient (Wildman–Crippen LogP) is 2.94. The van der Waals surface area contributed by atoms with Crippen LogP contribution in [0.1, 0.15) is 12.7 Å². The van der Waals surface area contributed by atoms with E-state index in [0.717, 1.165) is 4.90 Å². The summed E-state index contributed by atoms with van der Waals surface area (Å²) in [6.45, 7) is 4.86. The molecule has 4 amide bonds.